The molecule has 0 aromatic carbocycles. The summed E-state index contributed by atoms with van der Waals surface area (Å²) in [6, 6.07) is 0. The SMILES string of the molecule is CCC(CC)(CC)CC.CCC(CC)(CC)CC. The molecule has 0 fully saturated rings. The molecular formula is C18H40. The highest BCUT2D eigenvalue weighted by atomic mass is 14.3. The van der Waals surface area contributed by atoms with Gasteiger partial charge in [0.25, 0.3) is 0 Å². The lowest BCUT2D eigenvalue weighted by molar-refractivity contribution is 0.240. The molecule has 112 valence electrons. The maximum absolute atomic E-state index is 2.30. The van der Waals surface area contributed by atoms with E-state index in [9.17, 15) is 0 Å². The summed E-state index contributed by atoms with van der Waals surface area (Å²) in [6.45, 7) is 18.4. The van der Waals surface area contributed by atoms with E-state index in [1.54, 1.807) is 0 Å². The van der Waals surface area contributed by atoms with Gasteiger partial charge in [0.15, 0.2) is 0 Å². The molecule has 0 aromatic heterocycles. The Hall–Kier alpha value is 0. The molecule has 0 heteroatoms. The van der Waals surface area contributed by atoms with Crippen LogP contribution in [0.15, 0.2) is 0 Å². The molecule has 0 amide bonds. The summed E-state index contributed by atoms with van der Waals surface area (Å²) in [5.41, 5.74) is 1.33. The molecule has 0 N–H and O–H groups in total. The van der Waals surface area contributed by atoms with E-state index in [-0.39, 0.29) is 0 Å². The van der Waals surface area contributed by atoms with Crippen LogP contribution in [-0.4, -0.2) is 0 Å². The summed E-state index contributed by atoms with van der Waals surface area (Å²) < 4.78 is 0. The van der Waals surface area contributed by atoms with Gasteiger partial charge in [-0.15, -0.1) is 0 Å². The molecule has 0 aromatic rings. The summed E-state index contributed by atoms with van der Waals surface area (Å²) in [6.07, 6.45) is 10.8. The molecular weight excluding hydrogens is 216 g/mol. The van der Waals surface area contributed by atoms with Crippen molar-refractivity contribution in [1.29, 1.82) is 0 Å². The van der Waals surface area contributed by atoms with Crippen LogP contribution in [0.5, 0.6) is 0 Å². The highest BCUT2D eigenvalue weighted by Gasteiger charge is 2.20. The Morgan fingerprint density at radius 1 is 0.333 bits per heavy atom. The van der Waals surface area contributed by atoms with Crippen molar-refractivity contribution in [2.75, 3.05) is 0 Å². The van der Waals surface area contributed by atoms with Crippen LogP contribution in [0.1, 0.15) is 107 Å². The van der Waals surface area contributed by atoms with Crippen LogP contribution >= 0.6 is 0 Å². The van der Waals surface area contributed by atoms with E-state index < -0.39 is 0 Å². The quantitative estimate of drug-likeness (QED) is 0.430. The minimum absolute atomic E-state index is 0.667. The first kappa shape index (κ1) is 20.3. The molecule has 18 heavy (non-hydrogen) atoms. The van der Waals surface area contributed by atoms with Gasteiger partial charge in [-0.25, -0.2) is 0 Å². The van der Waals surface area contributed by atoms with Crippen LogP contribution in [-0.2, 0) is 0 Å². The van der Waals surface area contributed by atoms with Crippen LogP contribution in [0.25, 0.3) is 0 Å². The predicted molar refractivity (Wildman–Crippen MR) is 87.2 cm³/mol. The Morgan fingerprint density at radius 2 is 0.444 bits per heavy atom. The van der Waals surface area contributed by atoms with Gasteiger partial charge in [0.1, 0.15) is 0 Å². The van der Waals surface area contributed by atoms with Crippen molar-refractivity contribution >= 4 is 0 Å². The third kappa shape index (κ3) is 6.25. The average Bonchev–Trinajstić information content (AvgIpc) is 2.46. The summed E-state index contributed by atoms with van der Waals surface area (Å²) in [4.78, 5) is 0. The topological polar surface area (TPSA) is 0 Å². The highest BCUT2D eigenvalue weighted by Crippen LogP contribution is 2.34. The number of hydrogen-bond donors (Lipinski definition) is 0. The van der Waals surface area contributed by atoms with Crippen molar-refractivity contribution < 1.29 is 0 Å². The fraction of sp³-hybridized carbons (Fsp3) is 1.00. The molecule has 0 saturated heterocycles. The fourth-order valence-electron chi connectivity index (χ4n) is 3.00. The highest BCUT2D eigenvalue weighted by molar-refractivity contribution is 4.72. The minimum Gasteiger partial charge on any atom is -0.0649 e. The maximum Gasteiger partial charge on any atom is -0.0308 e. The van der Waals surface area contributed by atoms with Gasteiger partial charge >= 0.3 is 0 Å². The van der Waals surface area contributed by atoms with Gasteiger partial charge in [-0.05, 0) is 10.8 Å². The van der Waals surface area contributed by atoms with E-state index in [1.807, 2.05) is 0 Å². The molecule has 0 spiro atoms. The van der Waals surface area contributed by atoms with Crippen LogP contribution in [0, 0.1) is 10.8 Å². The standard InChI is InChI=1S/2C9H20/c2*1-5-9(6-2,7-3)8-4/h2*5-8H2,1-4H3. The fourth-order valence-corrected chi connectivity index (χ4v) is 3.00. The van der Waals surface area contributed by atoms with Crippen LogP contribution in [0.4, 0.5) is 0 Å². The van der Waals surface area contributed by atoms with Crippen molar-refractivity contribution in [2.24, 2.45) is 10.8 Å². The first-order valence-electron chi connectivity index (χ1n) is 8.49. The summed E-state index contributed by atoms with van der Waals surface area (Å²) >= 11 is 0. The molecule has 0 aliphatic rings. The molecule has 0 atom stereocenters. The van der Waals surface area contributed by atoms with Crippen molar-refractivity contribution in [3.63, 3.8) is 0 Å². The molecule has 0 bridgehead atoms. The molecule has 0 radical (unpaired) electrons. The average molecular weight is 257 g/mol. The van der Waals surface area contributed by atoms with Crippen LogP contribution < -0.4 is 0 Å². The smallest absolute Gasteiger partial charge is 0.0308 e. The second kappa shape index (κ2) is 10.9. The zero-order valence-electron chi connectivity index (χ0n) is 14.7. The molecule has 0 aliphatic carbocycles. The third-order valence-corrected chi connectivity index (χ3v) is 6.00. The van der Waals surface area contributed by atoms with E-state index in [2.05, 4.69) is 55.4 Å². The van der Waals surface area contributed by atoms with Gasteiger partial charge in [-0.2, -0.15) is 0 Å². The van der Waals surface area contributed by atoms with Gasteiger partial charge in [0.2, 0.25) is 0 Å². The van der Waals surface area contributed by atoms with Gasteiger partial charge < -0.3 is 0 Å². The normalized spacial score (nSPS) is 12.0. The Kier molecular flexibility index (Phi) is 12.3. The number of hydrogen-bond acceptors (Lipinski definition) is 0. The lowest BCUT2D eigenvalue weighted by atomic mass is 9.78. The Bertz CT molecular complexity index is 106. The first-order valence-corrected chi connectivity index (χ1v) is 8.49. The van der Waals surface area contributed by atoms with Crippen molar-refractivity contribution in [2.45, 2.75) is 107 Å². The summed E-state index contributed by atoms with van der Waals surface area (Å²) in [5.74, 6) is 0. The van der Waals surface area contributed by atoms with Gasteiger partial charge in [0.05, 0.1) is 0 Å². The van der Waals surface area contributed by atoms with Crippen molar-refractivity contribution in [3.05, 3.63) is 0 Å². The minimum atomic E-state index is 0.667. The molecule has 0 heterocycles. The third-order valence-electron chi connectivity index (χ3n) is 6.00. The van der Waals surface area contributed by atoms with E-state index in [4.69, 9.17) is 0 Å². The lowest BCUT2D eigenvalue weighted by Crippen LogP contribution is -2.15. The summed E-state index contributed by atoms with van der Waals surface area (Å²) in [5, 5.41) is 0. The Balaban J connectivity index is 0. The van der Waals surface area contributed by atoms with Gasteiger partial charge in [-0.1, -0.05) is 107 Å². The second-order valence-electron chi connectivity index (χ2n) is 5.83. The Morgan fingerprint density at radius 3 is 0.444 bits per heavy atom. The largest absolute Gasteiger partial charge is 0.0649 e. The van der Waals surface area contributed by atoms with Gasteiger partial charge in [-0.3, -0.25) is 0 Å². The van der Waals surface area contributed by atoms with Crippen molar-refractivity contribution in [3.8, 4) is 0 Å². The lowest BCUT2D eigenvalue weighted by Gasteiger charge is -2.28. The zero-order chi connectivity index (χ0) is 14.7. The molecule has 0 saturated carbocycles. The van der Waals surface area contributed by atoms with Gasteiger partial charge in [0, 0.05) is 0 Å². The molecule has 0 nitrogen and oxygen atoms in total. The van der Waals surface area contributed by atoms with Crippen molar-refractivity contribution in [1.82, 2.24) is 0 Å². The van der Waals surface area contributed by atoms with E-state index in [0.29, 0.717) is 10.8 Å². The molecule has 0 aliphatic heterocycles. The molecule has 0 rings (SSSR count). The van der Waals surface area contributed by atoms with Crippen LogP contribution in [0.3, 0.4) is 0 Å². The predicted octanol–water partition coefficient (Wildman–Crippen LogP) is 7.23. The van der Waals surface area contributed by atoms with Crippen LogP contribution in [0.2, 0.25) is 0 Å². The van der Waals surface area contributed by atoms with E-state index in [0.717, 1.165) is 0 Å². The zero-order valence-corrected chi connectivity index (χ0v) is 14.7. The Labute approximate surface area is 118 Å². The molecule has 0 unspecified atom stereocenters. The van der Waals surface area contributed by atoms with E-state index in [1.165, 1.54) is 51.4 Å². The van der Waals surface area contributed by atoms with E-state index >= 15 is 0 Å². The summed E-state index contributed by atoms with van der Waals surface area (Å²) in [7, 11) is 0. The monoisotopic (exact) mass is 256 g/mol. The number of rotatable bonds is 8. The maximum atomic E-state index is 2.30. The first-order chi connectivity index (χ1) is 8.49. The second-order valence-corrected chi connectivity index (χ2v) is 5.83.